The largest absolute Gasteiger partial charge is 0.496 e. The van der Waals surface area contributed by atoms with Crippen molar-refractivity contribution >= 4 is 11.3 Å². The zero-order chi connectivity index (χ0) is 19.3. The van der Waals surface area contributed by atoms with Crippen molar-refractivity contribution in [3.05, 3.63) is 76.0 Å². The van der Waals surface area contributed by atoms with Crippen molar-refractivity contribution in [1.82, 2.24) is 4.90 Å². The van der Waals surface area contributed by atoms with Gasteiger partial charge >= 0.3 is 0 Å². The van der Waals surface area contributed by atoms with Crippen molar-refractivity contribution in [3.8, 4) is 17.2 Å². The SMILES string of the molecule is COc1ccccc1CN(Cc1cccs1)C[C@H](O)c1ccc2c(c1)OCO2. The summed E-state index contributed by atoms with van der Waals surface area (Å²) in [4.78, 5) is 3.49. The van der Waals surface area contributed by atoms with Gasteiger partial charge < -0.3 is 19.3 Å². The highest BCUT2D eigenvalue weighted by Gasteiger charge is 2.20. The fourth-order valence-electron chi connectivity index (χ4n) is 3.35. The number of hydrogen-bond acceptors (Lipinski definition) is 6. The number of aliphatic hydroxyl groups is 1. The maximum Gasteiger partial charge on any atom is 0.231 e. The molecule has 5 nitrogen and oxygen atoms in total. The number of para-hydroxylation sites is 1. The number of aliphatic hydroxyl groups excluding tert-OH is 1. The molecule has 0 amide bonds. The predicted molar refractivity (Wildman–Crippen MR) is 109 cm³/mol. The number of thiophene rings is 1. The molecule has 1 aliphatic rings. The maximum absolute atomic E-state index is 10.9. The van der Waals surface area contributed by atoms with Crippen molar-refractivity contribution in [1.29, 1.82) is 0 Å². The van der Waals surface area contributed by atoms with E-state index in [0.29, 0.717) is 18.8 Å². The number of rotatable bonds is 8. The van der Waals surface area contributed by atoms with E-state index in [1.165, 1.54) is 4.88 Å². The van der Waals surface area contributed by atoms with Gasteiger partial charge in [0.1, 0.15) is 5.75 Å². The van der Waals surface area contributed by atoms with Crippen molar-refractivity contribution < 1.29 is 19.3 Å². The van der Waals surface area contributed by atoms with Crippen LogP contribution in [0.2, 0.25) is 0 Å². The number of fused-ring (bicyclic) bond motifs is 1. The Morgan fingerprint density at radius 3 is 2.75 bits per heavy atom. The van der Waals surface area contributed by atoms with Gasteiger partial charge in [0, 0.05) is 30.1 Å². The normalized spacial score (nSPS) is 13.7. The lowest BCUT2D eigenvalue weighted by Crippen LogP contribution is -2.28. The molecule has 28 heavy (non-hydrogen) atoms. The smallest absolute Gasteiger partial charge is 0.231 e. The van der Waals surface area contributed by atoms with Crippen LogP contribution >= 0.6 is 11.3 Å². The molecule has 0 aliphatic carbocycles. The summed E-state index contributed by atoms with van der Waals surface area (Å²) in [6.45, 7) is 2.17. The second-order valence-corrected chi connectivity index (χ2v) is 7.72. The van der Waals surface area contributed by atoms with Crippen molar-refractivity contribution in [2.24, 2.45) is 0 Å². The summed E-state index contributed by atoms with van der Waals surface area (Å²) in [5.41, 5.74) is 1.92. The molecule has 0 saturated carbocycles. The van der Waals surface area contributed by atoms with Crippen LogP contribution < -0.4 is 14.2 Å². The van der Waals surface area contributed by atoms with E-state index >= 15 is 0 Å². The Labute approximate surface area is 168 Å². The third kappa shape index (κ3) is 4.30. The molecule has 2 aromatic carbocycles. The number of ether oxygens (including phenoxy) is 3. The standard InChI is InChI=1S/C22H23NO4S/c1-25-20-7-3-2-5-17(20)12-23(13-18-6-4-10-28-18)14-19(24)16-8-9-21-22(11-16)27-15-26-21/h2-11,19,24H,12-15H2,1H3/t19-/m0/s1. The fraction of sp³-hybridized carbons (Fsp3) is 0.273. The highest BCUT2D eigenvalue weighted by atomic mass is 32.1. The Morgan fingerprint density at radius 2 is 1.93 bits per heavy atom. The molecule has 2 heterocycles. The summed E-state index contributed by atoms with van der Waals surface area (Å²) in [6, 6.07) is 17.8. The van der Waals surface area contributed by atoms with Crippen LogP contribution in [0.3, 0.4) is 0 Å². The van der Waals surface area contributed by atoms with Crippen LogP contribution in [-0.4, -0.2) is 30.5 Å². The van der Waals surface area contributed by atoms with E-state index in [1.807, 2.05) is 36.4 Å². The van der Waals surface area contributed by atoms with Crippen LogP contribution in [0.25, 0.3) is 0 Å². The Bertz CT molecular complexity index is 913. The van der Waals surface area contributed by atoms with E-state index in [1.54, 1.807) is 18.4 Å². The molecule has 146 valence electrons. The first-order chi connectivity index (χ1) is 13.7. The molecular weight excluding hydrogens is 374 g/mol. The van der Waals surface area contributed by atoms with Gasteiger partial charge in [-0.25, -0.2) is 0 Å². The van der Waals surface area contributed by atoms with Crippen molar-refractivity contribution in [3.63, 3.8) is 0 Å². The highest BCUT2D eigenvalue weighted by molar-refractivity contribution is 7.09. The van der Waals surface area contributed by atoms with Crippen LogP contribution in [0.4, 0.5) is 0 Å². The lowest BCUT2D eigenvalue weighted by molar-refractivity contribution is 0.105. The molecule has 0 bridgehead atoms. The molecule has 1 atom stereocenters. The average molecular weight is 397 g/mol. The zero-order valence-electron chi connectivity index (χ0n) is 15.7. The second-order valence-electron chi connectivity index (χ2n) is 6.69. The number of nitrogens with zero attached hydrogens (tertiary/aromatic N) is 1. The van der Waals surface area contributed by atoms with E-state index < -0.39 is 6.10 Å². The minimum atomic E-state index is -0.635. The Morgan fingerprint density at radius 1 is 1.07 bits per heavy atom. The number of methoxy groups -OCH3 is 1. The van der Waals surface area contributed by atoms with Gasteiger partial charge in [-0.05, 0) is 35.2 Å². The van der Waals surface area contributed by atoms with E-state index in [-0.39, 0.29) is 6.79 Å². The molecule has 0 fully saturated rings. The van der Waals surface area contributed by atoms with Crippen LogP contribution in [-0.2, 0) is 13.1 Å². The third-order valence-corrected chi connectivity index (χ3v) is 5.62. The zero-order valence-corrected chi connectivity index (χ0v) is 16.5. The number of hydrogen-bond donors (Lipinski definition) is 1. The van der Waals surface area contributed by atoms with Gasteiger partial charge in [0.25, 0.3) is 0 Å². The van der Waals surface area contributed by atoms with Crippen molar-refractivity contribution in [2.75, 3.05) is 20.4 Å². The lowest BCUT2D eigenvalue weighted by atomic mass is 10.1. The number of benzene rings is 2. The van der Waals surface area contributed by atoms with E-state index in [0.717, 1.165) is 29.2 Å². The fourth-order valence-corrected chi connectivity index (χ4v) is 4.10. The molecule has 0 spiro atoms. The predicted octanol–water partition coefficient (Wildman–Crippen LogP) is 4.22. The summed E-state index contributed by atoms with van der Waals surface area (Å²) < 4.78 is 16.3. The van der Waals surface area contributed by atoms with E-state index in [4.69, 9.17) is 14.2 Å². The Balaban J connectivity index is 1.53. The minimum Gasteiger partial charge on any atom is -0.496 e. The summed E-state index contributed by atoms with van der Waals surface area (Å²) in [5.74, 6) is 2.27. The molecule has 1 aromatic heterocycles. The van der Waals surface area contributed by atoms with Gasteiger partial charge in [0.15, 0.2) is 11.5 Å². The molecule has 1 N–H and O–H groups in total. The molecule has 1 aliphatic heterocycles. The summed E-state index contributed by atoms with van der Waals surface area (Å²) in [5, 5.41) is 13.0. The Hall–Kier alpha value is -2.54. The highest BCUT2D eigenvalue weighted by Crippen LogP contribution is 2.34. The van der Waals surface area contributed by atoms with Gasteiger partial charge in [0.2, 0.25) is 6.79 Å². The molecule has 0 saturated heterocycles. The monoisotopic (exact) mass is 397 g/mol. The molecule has 4 rings (SSSR count). The first-order valence-electron chi connectivity index (χ1n) is 9.17. The van der Waals surface area contributed by atoms with Gasteiger partial charge in [-0.1, -0.05) is 30.3 Å². The molecule has 6 heteroatoms. The van der Waals surface area contributed by atoms with Crippen LogP contribution in [0.1, 0.15) is 22.1 Å². The minimum absolute atomic E-state index is 0.229. The van der Waals surface area contributed by atoms with Gasteiger partial charge in [-0.2, -0.15) is 0 Å². The lowest BCUT2D eigenvalue weighted by Gasteiger charge is -2.25. The third-order valence-electron chi connectivity index (χ3n) is 4.76. The average Bonchev–Trinajstić information content (AvgIpc) is 3.39. The maximum atomic E-state index is 10.9. The first-order valence-corrected chi connectivity index (χ1v) is 10.0. The quantitative estimate of drug-likeness (QED) is 0.617. The second kappa shape index (κ2) is 8.65. The van der Waals surface area contributed by atoms with E-state index in [9.17, 15) is 5.11 Å². The van der Waals surface area contributed by atoms with Crippen LogP contribution in [0.5, 0.6) is 17.2 Å². The summed E-state index contributed by atoms with van der Waals surface area (Å²) in [6.07, 6.45) is -0.635. The Kier molecular flexibility index (Phi) is 5.81. The summed E-state index contributed by atoms with van der Waals surface area (Å²) in [7, 11) is 1.68. The van der Waals surface area contributed by atoms with E-state index in [2.05, 4.69) is 28.5 Å². The topological polar surface area (TPSA) is 51.2 Å². The van der Waals surface area contributed by atoms with Gasteiger partial charge in [-0.15, -0.1) is 11.3 Å². The van der Waals surface area contributed by atoms with Crippen LogP contribution in [0.15, 0.2) is 60.0 Å². The molecular formula is C22H23NO4S. The first kappa shape index (κ1) is 18.8. The molecule has 0 radical (unpaired) electrons. The molecule has 0 unspecified atom stereocenters. The van der Waals surface area contributed by atoms with Crippen LogP contribution in [0, 0.1) is 0 Å². The van der Waals surface area contributed by atoms with Gasteiger partial charge in [0.05, 0.1) is 13.2 Å². The van der Waals surface area contributed by atoms with Gasteiger partial charge in [-0.3, -0.25) is 4.90 Å². The summed E-state index contributed by atoms with van der Waals surface area (Å²) >= 11 is 1.72. The molecule has 3 aromatic rings. The van der Waals surface area contributed by atoms with Crippen molar-refractivity contribution in [2.45, 2.75) is 19.2 Å².